The first-order chi connectivity index (χ1) is 17.4. The lowest BCUT2D eigenvalue weighted by molar-refractivity contribution is -0.137. The number of hydrogen-bond acceptors (Lipinski definition) is 5. The van der Waals surface area contributed by atoms with Gasteiger partial charge in [0.15, 0.2) is 0 Å². The van der Waals surface area contributed by atoms with Crippen molar-refractivity contribution in [3.8, 4) is 22.1 Å². The Bertz CT molecular complexity index is 1290. The molecule has 1 aromatic carbocycles. The molecule has 2 aliphatic rings. The largest absolute Gasteiger partial charge is 0.489 e. The lowest BCUT2D eigenvalue weighted by Crippen LogP contribution is -2.11. The minimum atomic E-state index is -0.742. The lowest BCUT2D eigenvalue weighted by atomic mass is 9.80. The summed E-state index contributed by atoms with van der Waals surface area (Å²) in [6, 6.07) is 12.0. The second-order valence-corrected chi connectivity index (χ2v) is 11.4. The molecule has 0 saturated heterocycles. The van der Waals surface area contributed by atoms with Gasteiger partial charge in [0, 0.05) is 28.3 Å². The molecule has 5 rings (SSSR count). The summed E-state index contributed by atoms with van der Waals surface area (Å²) in [6.45, 7) is 5.09. The maximum absolute atomic E-state index is 11.4. The normalized spacial score (nSPS) is 17.5. The molecule has 1 saturated carbocycles. The summed E-state index contributed by atoms with van der Waals surface area (Å²) < 4.78 is 11.7. The van der Waals surface area contributed by atoms with Gasteiger partial charge in [-0.2, -0.15) is 0 Å². The molecule has 2 aromatic heterocycles. The van der Waals surface area contributed by atoms with Gasteiger partial charge in [-0.25, -0.2) is 4.98 Å². The molecule has 0 amide bonds. The van der Waals surface area contributed by atoms with E-state index in [9.17, 15) is 9.90 Å². The Morgan fingerprint density at radius 2 is 2.08 bits per heavy atom. The Hall–Kier alpha value is -3.12. The van der Waals surface area contributed by atoms with Gasteiger partial charge in [-0.15, -0.1) is 11.3 Å². The highest BCUT2D eigenvalue weighted by atomic mass is 32.1. The van der Waals surface area contributed by atoms with Crippen molar-refractivity contribution in [3.63, 3.8) is 0 Å². The fourth-order valence-electron chi connectivity index (χ4n) is 5.34. The fraction of sp³-hybridized carbons (Fsp3) is 0.400. The number of carboxylic acids is 1. The Morgan fingerprint density at radius 1 is 1.25 bits per heavy atom. The summed E-state index contributed by atoms with van der Waals surface area (Å²) in [6.07, 6.45) is 8.76. The van der Waals surface area contributed by atoms with E-state index < -0.39 is 5.97 Å². The average Bonchev–Trinajstić information content (AvgIpc) is 3.53. The molecule has 5 nitrogen and oxygen atoms in total. The van der Waals surface area contributed by atoms with Gasteiger partial charge < -0.3 is 14.6 Å². The highest BCUT2D eigenvalue weighted by molar-refractivity contribution is 7.14. The van der Waals surface area contributed by atoms with E-state index in [4.69, 9.17) is 9.47 Å². The topological polar surface area (TPSA) is 68.7 Å². The molecule has 6 heteroatoms. The van der Waals surface area contributed by atoms with Crippen LogP contribution in [0.4, 0.5) is 0 Å². The van der Waals surface area contributed by atoms with E-state index in [1.165, 1.54) is 21.6 Å². The molecule has 0 unspecified atom stereocenters. The van der Waals surface area contributed by atoms with Gasteiger partial charge in [-0.1, -0.05) is 32.1 Å². The molecule has 0 aliphatic heterocycles. The summed E-state index contributed by atoms with van der Waals surface area (Å²) in [5.74, 6) is 1.17. The summed E-state index contributed by atoms with van der Waals surface area (Å²) in [5.41, 5.74) is 6.05. The number of carbonyl (C=O) groups is 1. The van der Waals surface area contributed by atoms with Crippen LogP contribution in [-0.4, -0.2) is 23.2 Å². The quantitative estimate of drug-likeness (QED) is 0.309. The molecule has 1 atom stereocenters. The number of aromatic nitrogens is 1. The molecule has 2 heterocycles. The Kier molecular flexibility index (Phi) is 6.89. The molecule has 188 valence electrons. The molecule has 1 fully saturated rings. The number of carboxylic acid groups (broad SMARTS) is 1. The SMILES string of the molecule is COc1cc(-c2scc(COc3cccc([C@@H](CC(=O)O)C4CC4)c3)c2C2=CCCC2(C)C)ccn1. The van der Waals surface area contributed by atoms with Gasteiger partial charge in [0.25, 0.3) is 0 Å². The van der Waals surface area contributed by atoms with E-state index in [0.717, 1.165) is 42.6 Å². The van der Waals surface area contributed by atoms with E-state index in [1.54, 1.807) is 24.6 Å². The van der Waals surface area contributed by atoms with E-state index in [0.29, 0.717) is 18.4 Å². The molecular weight excluding hydrogens is 470 g/mol. The number of hydrogen-bond donors (Lipinski definition) is 1. The van der Waals surface area contributed by atoms with E-state index in [-0.39, 0.29) is 17.8 Å². The fourth-order valence-corrected chi connectivity index (χ4v) is 6.41. The molecule has 0 spiro atoms. The van der Waals surface area contributed by atoms with Crippen LogP contribution in [0.5, 0.6) is 11.6 Å². The Morgan fingerprint density at radius 3 is 2.78 bits per heavy atom. The van der Waals surface area contributed by atoms with Crippen LogP contribution in [-0.2, 0) is 11.4 Å². The van der Waals surface area contributed by atoms with E-state index in [2.05, 4.69) is 30.3 Å². The van der Waals surface area contributed by atoms with Gasteiger partial charge in [-0.3, -0.25) is 4.79 Å². The molecule has 2 aliphatic carbocycles. The number of ether oxygens (including phenoxy) is 2. The van der Waals surface area contributed by atoms with Crippen molar-refractivity contribution in [1.29, 1.82) is 0 Å². The third-order valence-corrected chi connectivity index (χ3v) is 8.53. The van der Waals surface area contributed by atoms with E-state index in [1.807, 2.05) is 36.4 Å². The van der Waals surface area contributed by atoms with Crippen LogP contribution in [0.3, 0.4) is 0 Å². The molecule has 1 N–H and O–H groups in total. The Labute approximate surface area is 216 Å². The molecule has 0 bridgehead atoms. The van der Waals surface area contributed by atoms with Crippen molar-refractivity contribution >= 4 is 22.9 Å². The zero-order valence-electron chi connectivity index (χ0n) is 21.1. The number of allylic oxidation sites excluding steroid dienone is 2. The summed E-state index contributed by atoms with van der Waals surface area (Å²) >= 11 is 1.73. The summed E-state index contributed by atoms with van der Waals surface area (Å²) in [4.78, 5) is 16.9. The third kappa shape index (κ3) is 5.19. The maximum Gasteiger partial charge on any atom is 0.303 e. The zero-order chi connectivity index (χ0) is 25.3. The summed E-state index contributed by atoms with van der Waals surface area (Å²) in [5, 5.41) is 11.6. The smallest absolute Gasteiger partial charge is 0.303 e. The third-order valence-electron chi connectivity index (χ3n) is 7.46. The van der Waals surface area contributed by atoms with Crippen LogP contribution in [0.1, 0.15) is 68.6 Å². The first-order valence-electron chi connectivity index (χ1n) is 12.6. The van der Waals surface area contributed by atoms with Gasteiger partial charge in [0.2, 0.25) is 5.88 Å². The minimum absolute atomic E-state index is 0.0560. The van der Waals surface area contributed by atoms with Crippen molar-refractivity contribution in [2.24, 2.45) is 11.3 Å². The first kappa shape index (κ1) is 24.6. The first-order valence-corrected chi connectivity index (χ1v) is 13.5. The van der Waals surface area contributed by atoms with E-state index >= 15 is 0 Å². The van der Waals surface area contributed by atoms with Crippen molar-refractivity contribution in [2.75, 3.05) is 7.11 Å². The predicted octanol–water partition coefficient (Wildman–Crippen LogP) is 7.57. The molecule has 0 radical (unpaired) electrons. The number of nitrogens with zero attached hydrogens (tertiary/aromatic N) is 1. The van der Waals surface area contributed by atoms with Crippen LogP contribution in [0.25, 0.3) is 16.0 Å². The zero-order valence-corrected chi connectivity index (χ0v) is 21.9. The van der Waals surface area contributed by atoms with Crippen molar-refractivity contribution in [3.05, 3.63) is 70.7 Å². The standard InChI is InChI=1S/C30H33NO4S/c1-30(2)12-5-8-25(30)28-22(18-36-29(28)21-11-13-31-26(15-21)34-3)17-35-23-7-4-6-20(14-23)24(16-27(32)33)19-9-10-19/h4,6-8,11,13-15,18-19,24H,5,9-10,12,16-17H2,1-3H3,(H,32,33)/t24-/m0/s1. The number of thiophene rings is 1. The summed E-state index contributed by atoms with van der Waals surface area (Å²) in [7, 11) is 1.64. The van der Waals surface area contributed by atoms with Crippen LogP contribution in [0.15, 0.2) is 54.1 Å². The van der Waals surface area contributed by atoms with Crippen molar-refractivity contribution in [2.45, 2.75) is 58.5 Å². The highest BCUT2D eigenvalue weighted by Crippen LogP contribution is 2.50. The molecule has 36 heavy (non-hydrogen) atoms. The van der Waals surface area contributed by atoms with Crippen LogP contribution in [0.2, 0.25) is 0 Å². The number of benzene rings is 1. The van der Waals surface area contributed by atoms with Gasteiger partial charge in [0.05, 0.1) is 13.5 Å². The number of rotatable bonds is 10. The van der Waals surface area contributed by atoms with Crippen LogP contribution < -0.4 is 9.47 Å². The van der Waals surface area contributed by atoms with Gasteiger partial charge in [-0.05, 0) is 83.2 Å². The second-order valence-electron chi connectivity index (χ2n) is 10.5. The van der Waals surface area contributed by atoms with Gasteiger partial charge in [0.1, 0.15) is 12.4 Å². The minimum Gasteiger partial charge on any atom is -0.489 e. The lowest BCUT2D eigenvalue weighted by Gasteiger charge is -2.24. The number of methoxy groups -OCH3 is 1. The van der Waals surface area contributed by atoms with Crippen LogP contribution in [0, 0.1) is 11.3 Å². The number of pyridine rings is 1. The monoisotopic (exact) mass is 503 g/mol. The average molecular weight is 504 g/mol. The Balaban J connectivity index is 1.44. The van der Waals surface area contributed by atoms with Gasteiger partial charge >= 0.3 is 5.97 Å². The molecule has 3 aromatic rings. The van der Waals surface area contributed by atoms with Crippen molar-refractivity contribution in [1.82, 2.24) is 4.98 Å². The molecular formula is C30H33NO4S. The van der Waals surface area contributed by atoms with Crippen LogP contribution >= 0.6 is 11.3 Å². The maximum atomic E-state index is 11.4. The number of aliphatic carboxylic acids is 1. The highest BCUT2D eigenvalue weighted by Gasteiger charge is 2.34. The van der Waals surface area contributed by atoms with Crippen molar-refractivity contribution < 1.29 is 19.4 Å². The second kappa shape index (κ2) is 10.1. The predicted molar refractivity (Wildman–Crippen MR) is 144 cm³/mol.